The van der Waals surface area contributed by atoms with Gasteiger partial charge in [-0.05, 0) is 12.8 Å². The molecule has 4 nitrogen and oxygen atoms in total. The van der Waals surface area contributed by atoms with Crippen molar-refractivity contribution >= 4 is 23.6 Å². The number of aliphatic carboxylic acids is 1. The van der Waals surface area contributed by atoms with E-state index in [9.17, 15) is 9.59 Å². The second-order valence-electron chi connectivity index (χ2n) is 3.40. The van der Waals surface area contributed by atoms with Gasteiger partial charge in [0, 0.05) is 7.05 Å². The summed E-state index contributed by atoms with van der Waals surface area (Å²) in [5.41, 5.74) is 0. The normalized spacial score (nSPS) is 14.9. The number of hydrogen-bond acceptors (Lipinski definition) is 3. The van der Waals surface area contributed by atoms with Gasteiger partial charge < -0.3 is 10.4 Å². The molecule has 0 radical (unpaired) electrons. The minimum absolute atomic E-state index is 0.0182. The number of amides is 1. The van der Waals surface area contributed by atoms with E-state index in [0.717, 1.165) is 0 Å². The number of carbonyl (C=O) groups excluding carboxylic acids is 1. The average Bonchev–Trinajstić information content (AvgIpc) is 2.11. The molecule has 0 aromatic heterocycles. The van der Waals surface area contributed by atoms with Crippen LogP contribution in [0, 0.1) is 5.92 Å². The third-order valence-corrected chi connectivity index (χ3v) is 3.48. The van der Waals surface area contributed by atoms with Crippen LogP contribution in [0.2, 0.25) is 0 Å². The van der Waals surface area contributed by atoms with Crippen LogP contribution >= 0.6 is 11.8 Å². The summed E-state index contributed by atoms with van der Waals surface area (Å²) in [6.45, 7) is 5.38. The molecule has 0 fully saturated rings. The van der Waals surface area contributed by atoms with Gasteiger partial charge in [-0.2, -0.15) is 0 Å². The molecule has 1 amide bonds. The molecule has 2 N–H and O–H groups in total. The second kappa shape index (κ2) is 5.90. The summed E-state index contributed by atoms with van der Waals surface area (Å²) in [5, 5.41) is 10.5. The zero-order valence-corrected chi connectivity index (χ0v) is 9.72. The van der Waals surface area contributed by atoms with E-state index in [1.54, 1.807) is 14.0 Å². The quantitative estimate of drug-likeness (QED) is 0.723. The van der Waals surface area contributed by atoms with E-state index in [4.69, 9.17) is 5.11 Å². The number of carboxylic acid groups (broad SMARTS) is 1. The Bertz CT molecular complexity index is 218. The number of rotatable bonds is 5. The first-order valence-electron chi connectivity index (χ1n) is 4.50. The largest absolute Gasteiger partial charge is 0.480 e. The highest BCUT2D eigenvalue weighted by Crippen LogP contribution is 2.24. The molecule has 0 heterocycles. The third-order valence-electron chi connectivity index (χ3n) is 1.82. The average molecular weight is 219 g/mol. The molecule has 0 aliphatic heterocycles. The van der Waals surface area contributed by atoms with E-state index >= 15 is 0 Å². The SMILES string of the molecule is CNC(=O)C(C)SC(C(=O)O)C(C)C. The molecule has 0 bridgehead atoms. The Morgan fingerprint density at radius 1 is 1.29 bits per heavy atom. The topological polar surface area (TPSA) is 66.4 Å². The smallest absolute Gasteiger partial charge is 0.316 e. The Hall–Kier alpha value is -0.710. The van der Waals surface area contributed by atoms with Gasteiger partial charge in [0.05, 0.1) is 5.25 Å². The fraction of sp³-hybridized carbons (Fsp3) is 0.778. The van der Waals surface area contributed by atoms with Crippen LogP contribution in [0.15, 0.2) is 0 Å². The van der Waals surface area contributed by atoms with Crippen LogP contribution < -0.4 is 5.32 Å². The molecule has 0 saturated heterocycles. The monoisotopic (exact) mass is 219 g/mol. The Morgan fingerprint density at radius 3 is 2.07 bits per heavy atom. The lowest BCUT2D eigenvalue weighted by Crippen LogP contribution is -2.32. The molecular weight excluding hydrogens is 202 g/mol. The fourth-order valence-electron chi connectivity index (χ4n) is 0.985. The van der Waals surface area contributed by atoms with Crippen LogP contribution in [0.3, 0.4) is 0 Å². The molecule has 14 heavy (non-hydrogen) atoms. The lowest BCUT2D eigenvalue weighted by molar-refractivity contribution is -0.137. The molecular formula is C9H17NO3S. The molecule has 0 aliphatic rings. The Morgan fingerprint density at radius 2 is 1.79 bits per heavy atom. The van der Waals surface area contributed by atoms with Crippen molar-refractivity contribution in [3.8, 4) is 0 Å². The molecule has 2 atom stereocenters. The van der Waals surface area contributed by atoms with Crippen LogP contribution in [-0.2, 0) is 9.59 Å². The van der Waals surface area contributed by atoms with Gasteiger partial charge in [-0.25, -0.2) is 0 Å². The number of nitrogens with one attached hydrogen (secondary N) is 1. The van der Waals surface area contributed by atoms with Crippen LogP contribution in [-0.4, -0.2) is 34.5 Å². The van der Waals surface area contributed by atoms with Crippen LogP contribution in [0.1, 0.15) is 20.8 Å². The Labute approximate surface area is 88.4 Å². The highest BCUT2D eigenvalue weighted by Gasteiger charge is 2.26. The first-order valence-corrected chi connectivity index (χ1v) is 5.44. The van der Waals surface area contributed by atoms with Gasteiger partial charge in [0.2, 0.25) is 5.91 Å². The maximum absolute atomic E-state index is 11.2. The maximum atomic E-state index is 11.2. The Balaban J connectivity index is 4.30. The molecule has 0 spiro atoms. The van der Waals surface area contributed by atoms with Gasteiger partial charge in [0.1, 0.15) is 5.25 Å². The number of carboxylic acids is 1. The first kappa shape index (κ1) is 13.3. The van der Waals surface area contributed by atoms with Gasteiger partial charge in [-0.3, -0.25) is 9.59 Å². The van der Waals surface area contributed by atoms with E-state index < -0.39 is 11.2 Å². The summed E-state index contributed by atoms with van der Waals surface area (Å²) in [4.78, 5) is 22.0. The van der Waals surface area contributed by atoms with Crippen molar-refractivity contribution in [2.45, 2.75) is 31.3 Å². The molecule has 0 aromatic rings. The number of thioether (sulfide) groups is 1. The lowest BCUT2D eigenvalue weighted by atomic mass is 10.1. The summed E-state index contributed by atoms with van der Waals surface area (Å²) < 4.78 is 0. The standard InChI is InChI=1S/C9H17NO3S/c1-5(2)7(9(12)13)14-6(3)8(11)10-4/h5-7H,1-4H3,(H,10,11)(H,12,13). The molecule has 2 unspecified atom stereocenters. The predicted octanol–water partition coefficient (Wildman–Crippen LogP) is 0.963. The molecule has 82 valence electrons. The van der Waals surface area contributed by atoms with Crippen molar-refractivity contribution in [3.05, 3.63) is 0 Å². The Kier molecular flexibility index (Phi) is 5.60. The van der Waals surface area contributed by atoms with E-state index in [2.05, 4.69) is 5.32 Å². The van der Waals surface area contributed by atoms with Crippen molar-refractivity contribution in [1.82, 2.24) is 5.32 Å². The molecule has 0 rings (SSSR count). The minimum atomic E-state index is -0.860. The zero-order valence-electron chi connectivity index (χ0n) is 8.90. The van der Waals surface area contributed by atoms with Gasteiger partial charge in [0.25, 0.3) is 0 Å². The number of carbonyl (C=O) groups is 2. The van der Waals surface area contributed by atoms with Crippen molar-refractivity contribution in [2.75, 3.05) is 7.05 Å². The van der Waals surface area contributed by atoms with Crippen molar-refractivity contribution in [3.63, 3.8) is 0 Å². The lowest BCUT2D eigenvalue weighted by Gasteiger charge is -2.19. The third kappa shape index (κ3) is 4.00. The first-order chi connectivity index (χ1) is 6.40. The van der Waals surface area contributed by atoms with Crippen molar-refractivity contribution in [2.24, 2.45) is 5.92 Å². The van der Waals surface area contributed by atoms with Crippen molar-refractivity contribution in [1.29, 1.82) is 0 Å². The minimum Gasteiger partial charge on any atom is -0.480 e. The van der Waals surface area contributed by atoms with Crippen LogP contribution in [0.25, 0.3) is 0 Å². The van der Waals surface area contributed by atoms with E-state index in [1.165, 1.54) is 11.8 Å². The van der Waals surface area contributed by atoms with Gasteiger partial charge in [-0.1, -0.05) is 13.8 Å². The van der Waals surface area contributed by atoms with Gasteiger partial charge >= 0.3 is 5.97 Å². The van der Waals surface area contributed by atoms with Crippen LogP contribution in [0.5, 0.6) is 0 Å². The molecule has 0 saturated carbocycles. The zero-order chi connectivity index (χ0) is 11.3. The predicted molar refractivity (Wildman–Crippen MR) is 57.4 cm³/mol. The fourth-order valence-corrected chi connectivity index (χ4v) is 2.10. The molecule has 0 aromatic carbocycles. The maximum Gasteiger partial charge on any atom is 0.316 e. The summed E-state index contributed by atoms with van der Waals surface area (Å²) in [7, 11) is 1.55. The molecule has 5 heteroatoms. The van der Waals surface area contributed by atoms with Gasteiger partial charge in [-0.15, -0.1) is 11.8 Å². The summed E-state index contributed by atoms with van der Waals surface area (Å²) in [6.07, 6.45) is 0. The van der Waals surface area contributed by atoms with Crippen molar-refractivity contribution < 1.29 is 14.7 Å². The molecule has 0 aliphatic carbocycles. The van der Waals surface area contributed by atoms with Crippen LogP contribution in [0.4, 0.5) is 0 Å². The highest BCUT2D eigenvalue weighted by atomic mass is 32.2. The summed E-state index contributed by atoms with van der Waals surface area (Å²) in [6, 6.07) is 0. The summed E-state index contributed by atoms with van der Waals surface area (Å²) in [5.74, 6) is -0.979. The highest BCUT2D eigenvalue weighted by molar-refractivity contribution is 8.01. The summed E-state index contributed by atoms with van der Waals surface area (Å²) >= 11 is 1.18. The second-order valence-corrected chi connectivity index (χ2v) is 4.88. The van der Waals surface area contributed by atoms with E-state index in [0.29, 0.717) is 0 Å². The van der Waals surface area contributed by atoms with E-state index in [-0.39, 0.29) is 17.1 Å². The number of hydrogen-bond donors (Lipinski definition) is 2. The van der Waals surface area contributed by atoms with Gasteiger partial charge in [0.15, 0.2) is 0 Å². The van der Waals surface area contributed by atoms with E-state index in [1.807, 2.05) is 13.8 Å².